The lowest BCUT2D eigenvalue weighted by Gasteiger charge is -2.17. The average Bonchev–Trinajstić information content (AvgIpc) is 2.69. The number of halogens is 1. The zero-order valence-electron chi connectivity index (χ0n) is 17.0. The van der Waals surface area contributed by atoms with Crippen molar-refractivity contribution in [1.82, 2.24) is 5.32 Å². The van der Waals surface area contributed by atoms with Gasteiger partial charge in [-0.15, -0.1) is 0 Å². The van der Waals surface area contributed by atoms with Crippen molar-refractivity contribution in [2.45, 2.75) is 39.8 Å². The van der Waals surface area contributed by atoms with Gasteiger partial charge < -0.3 is 14.8 Å². The smallest absolute Gasteiger partial charge is 0.262 e. The third-order valence-electron chi connectivity index (χ3n) is 4.01. The van der Waals surface area contributed by atoms with Gasteiger partial charge in [0.05, 0.1) is 23.8 Å². The number of rotatable bonds is 8. The molecular formula is C23H25ClN2O3. The highest BCUT2D eigenvalue weighted by atomic mass is 35.5. The van der Waals surface area contributed by atoms with E-state index in [1.165, 1.54) is 6.08 Å². The van der Waals surface area contributed by atoms with Gasteiger partial charge in [0.1, 0.15) is 11.6 Å². The Hall–Kier alpha value is -2.97. The summed E-state index contributed by atoms with van der Waals surface area (Å²) in [4.78, 5) is 12.6. The summed E-state index contributed by atoms with van der Waals surface area (Å²) in [6, 6.07) is 14.6. The van der Waals surface area contributed by atoms with Crippen molar-refractivity contribution < 1.29 is 14.3 Å². The van der Waals surface area contributed by atoms with Crippen LogP contribution in [0.15, 0.2) is 48.0 Å². The van der Waals surface area contributed by atoms with Crippen molar-refractivity contribution in [1.29, 1.82) is 5.26 Å². The van der Waals surface area contributed by atoms with Gasteiger partial charge in [-0.25, -0.2) is 0 Å². The minimum absolute atomic E-state index is 0.0242. The van der Waals surface area contributed by atoms with Crippen LogP contribution in [-0.4, -0.2) is 18.6 Å². The molecule has 5 nitrogen and oxygen atoms in total. The lowest BCUT2D eigenvalue weighted by molar-refractivity contribution is -0.117. The molecule has 0 bridgehead atoms. The molecule has 0 saturated heterocycles. The van der Waals surface area contributed by atoms with E-state index in [0.29, 0.717) is 28.7 Å². The van der Waals surface area contributed by atoms with E-state index in [4.69, 9.17) is 21.1 Å². The minimum Gasteiger partial charge on any atom is -0.490 e. The number of carbonyl (C=O) groups excluding carboxylic acids is 1. The summed E-state index contributed by atoms with van der Waals surface area (Å²) in [5.41, 5.74) is 1.51. The van der Waals surface area contributed by atoms with Crippen LogP contribution in [0.25, 0.3) is 6.08 Å². The lowest BCUT2D eigenvalue weighted by Crippen LogP contribution is -2.27. The van der Waals surface area contributed by atoms with Gasteiger partial charge in [-0.3, -0.25) is 4.79 Å². The van der Waals surface area contributed by atoms with Crippen molar-refractivity contribution in [3.8, 4) is 17.6 Å². The summed E-state index contributed by atoms with van der Waals surface area (Å²) in [6.45, 7) is 7.94. The lowest BCUT2D eigenvalue weighted by atomic mass is 10.1. The van der Waals surface area contributed by atoms with E-state index in [1.54, 1.807) is 12.1 Å². The maximum Gasteiger partial charge on any atom is 0.262 e. The molecule has 6 heteroatoms. The molecule has 2 aromatic rings. The van der Waals surface area contributed by atoms with Crippen LogP contribution in [0.5, 0.6) is 11.5 Å². The van der Waals surface area contributed by atoms with Crippen LogP contribution >= 0.6 is 11.6 Å². The van der Waals surface area contributed by atoms with E-state index in [9.17, 15) is 10.1 Å². The van der Waals surface area contributed by atoms with Gasteiger partial charge in [-0.2, -0.15) is 5.26 Å². The summed E-state index contributed by atoms with van der Waals surface area (Å²) in [5.74, 6) is 0.456. The van der Waals surface area contributed by atoms with Crippen LogP contribution in [-0.2, 0) is 4.79 Å². The predicted molar refractivity (Wildman–Crippen MR) is 115 cm³/mol. The molecule has 0 radical (unpaired) electrons. The molecule has 0 unspecified atom stereocenters. The summed E-state index contributed by atoms with van der Waals surface area (Å²) in [7, 11) is 0. The van der Waals surface area contributed by atoms with E-state index in [1.807, 2.05) is 64.1 Å². The van der Waals surface area contributed by atoms with Gasteiger partial charge in [0.25, 0.3) is 5.91 Å². The summed E-state index contributed by atoms with van der Waals surface area (Å²) < 4.78 is 11.4. The van der Waals surface area contributed by atoms with E-state index in [0.717, 1.165) is 5.56 Å². The molecule has 2 aromatic carbocycles. The highest BCUT2D eigenvalue weighted by molar-refractivity contribution is 6.32. The van der Waals surface area contributed by atoms with Crippen molar-refractivity contribution in [2.24, 2.45) is 0 Å². The number of ether oxygens (including phenoxy) is 2. The fourth-order valence-corrected chi connectivity index (χ4v) is 2.96. The molecule has 0 fully saturated rings. The highest BCUT2D eigenvalue weighted by Gasteiger charge is 2.17. The second-order valence-corrected chi connectivity index (χ2v) is 7.11. The molecular weight excluding hydrogens is 388 g/mol. The normalized spacial score (nSPS) is 12.2. The number of hydrogen-bond acceptors (Lipinski definition) is 4. The van der Waals surface area contributed by atoms with Gasteiger partial charge in [0.15, 0.2) is 11.5 Å². The highest BCUT2D eigenvalue weighted by Crippen LogP contribution is 2.38. The molecule has 2 rings (SSSR count). The van der Waals surface area contributed by atoms with Gasteiger partial charge in [0.2, 0.25) is 0 Å². The van der Waals surface area contributed by atoms with Crippen molar-refractivity contribution in [3.05, 3.63) is 64.2 Å². The Morgan fingerprint density at radius 3 is 2.52 bits per heavy atom. The summed E-state index contributed by atoms with van der Waals surface area (Å²) >= 11 is 6.37. The van der Waals surface area contributed by atoms with Gasteiger partial charge >= 0.3 is 0 Å². The van der Waals surface area contributed by atoms with Crippen molar-refractivity contribution >= 4 is 23.6 Å². The fraction of sp³-hybridized carbons (Fsp3) is 0.304. The second kappa shape index (κ2) is 10.5. The minimum atomic E-state index is -0.458. The average molecular weight is 413 g/mol. The number of carbonyl (C=O) groups is 1. The SMILES string of the molecule is CCOc1cc(/C=C(/C#N)C(=O)N[C@@H](C)c2ccccc2)cc(Cl)c1OC(C)C. The standard InChI is InChI=1S/C23H25ClN2O3/c1-5-28-21-13-17(12-20(24)22(21)29-15(2)3)11-19(14-25)23(27)26-16(4)18-9-7-6-8-10-18/h6-13,15-16H,5H2,1-4H3,(H,26,27)/b19-11-/t16-/m0/s1. The monoisotopic (exact) mass is 412 g/mol. The first-order valence-corrected chi connectivity index (χ1v) is 9.84. The van der Waals surface area contributed by atoms with Gasteiger partial charge in [-0.05, 0) is 57.0 Å². The number of benzene rings is 2. The summed E-state index contributed by atoms with van der Waals surface area (Å²) in [5, 5.41) is 12.7. The Bertz CT molecular complexity index is 918. The number of hydrogen-bond donors (Lipinski definition) is 1. The second-order valence-electron chi connectivity index (χ2n) is 6.71. The Morgan fingerprint density at radius 1 is 1.24 bits per heavy atom. The van der Waals surface area contributed by atoms with Crippen LogP contribution < -0.4 is 14.8 Å². The Morgan fingerprint density at radius 2 is 1.93 bits per heavy atom. The van der Waals surface area contributed by atoms with E-state index in [2.05, 4.69) is 5.32 Å². The molecule has 0 aliphatic carbocycles. The molecule has 0 heterocycles. The van der Waals surface area contributed by atoms with Crippen LogP contribution in [0.4, 0.5) is 0 Å². The quantitative estimate of drug-likeness (QED) is 0.471. The zero-order chi connectivity index (χ0) is 21.4. The fourth-order valence-electron chi connectivity index (χ4n) is 2.70. The number of nitrogens with zero attached hydrogens (tertiary/aromatic N) is 1. The third-order valence-corrected chi connectivity index (χ3v) is 4.29. The predicted octanol–water partition coefficient (Wildman–Crippen LogP) is 5.31. The number of nitrogens with one attached hydrogen (secondary N) is 1. The maximum atomic E-state index is 12.6. The Labute approximate surface area is 176 Å². The molecule has 0 saturated carbocycles. The molecule has 0 spiro atoms. The van der Waals surface area contributed by atoms with Crippen LogP contribution in [0.1, 0.15) is 44.9 Å². The maximum absolute atomic E-state index is 12.6. The number of nitriles is 1. The molecule has 0 aliphatic rings. The first kappa shape index (κ1) is 22.3. The molecule has 1 amide bonds. The molecule has 0 aliphatic heterocycles. The van der Waals surface area contributed by atoms with Crippen LogP contribution in [0.3, 0.4) is 0 Å². The largest absolute Gasteiger partial charge is 0.490 e. The number of amides is 1. The first-order chi connectivity index (χ1) is 13.8. The topological polar surface area (TPSA) is 71.3 Å². The Kier molecular flexibility index (Phi) is 8.11. The van der Waals surface area contributed by atoms with Gasteiger partial charge in [0, 0.05) is 0 Å². The summed E-state index contributed by atoms with van der Waals surface area (Å²) in [6.07, 6.45) is 1.41. The Balaban J connectivity index is 2.29. The molecule has 1 atom stereocenters. The molecule has 29 heavy (non-hydrogen) atoms. The first-order valence-electron chi connectivity index (χ1n) is 9.46. The third kappa shape index (κ3) is 6.27. The van der Waals surface area contributed by atoms with E-state index < -0.39 is 5.91 Å². The van der Waals surface area contributed by atoms with Crippen LogP contribution in [0, 0.1) is 11.3 Å². The van der Waals surface area contributed by atoms with Crippen LogP contribution in [0.2, 0.25) is 5.02 Å². The molecule has 1 N–H and O–H groups in total. The van der Waals surface area contributed by atoms with E-state index in [-0.39, 0.29) is 17.7 Å². The van der Waals surface area contributed by atoms with Gasteiger partial charge in [-0.1, -0.05) is 41.9 Å². The molecule has 152 valence electrons. The molecule has 0 aromatic heterocycles. The van der Waals surface area contributed by atoms with Crippen molar-refractivity contribution in [3.63, 3.8) is 0 Å². The van der Waals surface area contributed by atoms with Crippen molar-refractivity contribution in [2.75, 3.05) is 6.61 Å². The van der Waals surface area contributed by atoms with E-state index >= 15 is 0 Å². The zero-order valence-corrected chi connectivity index (χ0v) is 17.8.